The van der Waals surface area contributed by atoms with Gasteiger partial charge in [0.25, 0.3) is 5.91 Å². The van der Waals surface area contributed by atoms with Crippen LogP contribution >= 0.6 is 0 Å². The molecule has 2 heterocycles. The summed E-state index contributed by atoms with van der Waals surface area (Å²) in [6, 6.07) is 14.5. The first-order valence-electron chi connectivity index (χ1n) is 7.33. The molecule has 6 heteroatoms. The Kier molecular flexibility index (Phi) is 4.67. The van der Waals surface area contributed by atoms with Crippen LogP contribution in [-0.4, -0.2) is 23.0 Å². The highest BCUT2D eigenvalue weighted by molar-refractivity contribution is 6.03. The highest BCUT2D eigenvalue weighted by Gasteiger charge is 2.06. The lowest BCUT2D eigenvalue weighted by atomic mass is 10.2. The van der Waals surface area contributed by atoms with Gasteiger partial charge in [0, 0.05) is 18.1 Å². The smallest absolute Gasteiger partial charge is 0.257 e. The Morgan fingerprint density at radius 3 is 2.42 bits per heavy atom. The van der Waals surface area contributed by atoms with Gasteiger partial charge in [-0.25, -0.2) is 4.98 Å². The van der Waals surface area contributed by atoms with E-state index in [1.807, 2.05) is 24.3 Å². The number of benzene rings is 1. The molecule has 0 spiro atoms. The third-order valence-electron chi connectivity index (χ3n) is 3.31. The van der Waals surface area contributed by atoms with Crippen LogP contribution in [0.4, 0.5) is 17.2 Å². The maximum absolute atomic E-state index is 12.0. The number of carbonyl (C=O) groups excluding carboxylic acids is 1. The molecule has 0 aliphatic heterocycles. The molecule has 3 aromatic rings. The molecule has 6 nitrogen and oxygen atoms in total. The van der Waals surface area contributed by atoms with E-state index >= 15 is 0 Å². The Bertz CT molecular complexity index is 803. The number of nitrogens with zero attached hydrogens (tertiary/aromatic N) is 2. The lowest BCUT2D eigenvalue weighted by molar-refractivity contribution is 0.102. The van der Waals surface area contributed by atoms with Gasteiger partial charge in [-0.3, -0.25) is 9.78 Å². The number of anilines is 3. The zero-order chi connectivity index (χ0) is 16.8. The fraction of sp³-hybridized carbons (Fsp3) is 0.0556. The summed E-state index contributed by atoms with van der Waals surface area (Å²) in [5, 5.41) is 5.96. The standard InChI is InChI=1S/C18H16N4O2/c1-24-16-7-4-14(5-8-16)21-17-9-6-15(12-20-17)22-18(23)13-3-2-10-19-11-13/h2-12H,1H3,(H,20,21)(H,22,23). The summed E-state index contributed by atoms with van der Waals surface area (Å²) in [5.41, 5.74) is 2.01. The predicted molar refractivity (Wildman–Crippen MR) is 92.7 cm³/mol. The molecular weight excluding hydrogens is 304 g/mol. The molecule has 0 saturated carbocycles. The zero-order valence-corrected chi connectivity index (χ0v) is 13.1. The van der Waals surface area contributed by atoms with E-state index in [4.69, 9.17) is 4.74 Å². The van der Waals surface area contributed by atoms with Gasteiger partial charge >= 0.3 is 0 Å². The fourth-order valence-electron chi connectivity index (χ4n) is 2.06. The Balaban J connectivity index is 1.63. The largest absolute Gasteiger partial charge is 0.497 e. The number of nitrogens with one attached hydrogen (secondary N) is 2. The van der Waals surface area contributed by atoms with E-state index in [9.17, 15) is 4.79 Å². The molecular formula is C18H16N4O2. The third-order valence-corrected chi connectivity index (χ3v) is 3.31. The van der Waals surface area contributed by atoms with Gasteiger partial charge in [0.2, 0.25) is 0 Å². The SMILES string of the molecule is COc1ccc(Nc2ccc(NC(=O)c3cccnc3)cn2)cc1. The summed E-state index contributed by atoms with van der Waals surface area (Å²) in [6.45, 7) is 0. The highest BCUT2D eigenvalue weighted by Crippen LogP contribution is 2.19. The maximum atomic E-state index is 12.0. The van der Waals surface area contributed by atoms with Crippen molar-refractivity contribution in [1.29, 1.82) is 0 Å². The van der Waals surface area contributed by atoms with Crippen molar-refractivity contribution in [3.8, 4) is 5.75 Å². The Morgan fingerprint density at radius 1 is 1.00 bits per heavy atom. The van der Waals surface area contributed by atoms with E-state index in [0.717, 1.165) is 11.4 Å². The van der Waals surface area contributed by atoms with Crippen LogP contribution in [0.5, 0.6) is 5.75 Å². The van der Waals surface area contributed by atoms with Crippen LogP contribution in [0.1, 0.15) is 10.4 Å². The molecule has 0 unspecified atom stereocenters. The van der Waals surface area contributed by atoms with Gasteiger partial charge in [-0.2, -0.15) is 0 Å². The Labute approximate surface area is 139 Å². The maximum Gasteiger partial charge on any atom is 0.257 e. The van der Waals surface area contributed by atoms with Gasteiger partial charge in [0.1, 0.15) is 11.6 Å². The summed E-state index contributed by atoms with van der Waals surface area (Å²) in [4.78, 5) is 20.3. The van der Waals surface area contributed by atoms with E-state index < -0.39 is 0 Å². The van der Waals surface area contributed by atoms with Crippen molar-refractivity contribution in [2.45, 2.75) is 0 Å². The number of methoxy groups -OCH3 is 1. The molecule has 0 saturated heterocycles. The van der Waals surface area contributed by atoms with Crippen molar-refractivity contribution >= 4 is 23.1 Å². The summed E-state index contributed by atoms with van der Waals surface area (Å²) in [6.07, 6.45) is 4.74. The van der Waals surface area contributed by atoms with Crippen molar-refractivity contribution in [2.75, 3.05) is 17.7 Å². The lowest BCUT2D eigenvalue weighted by Gasteiger charge is -2.08. The summed E-state index contributed by atoms with van der Waals surface area (Å²) in [7, 11) is 1.63. The number of carbonyl (C=O) groups is 1. The highest BCUT2D eigenvalue weighted by atomic mass is 16.5. The van der Waals surface area contributed by atoms with Crippen LogP contribution in [0.15, 0.2) is 67.1 Å². The van der Waals surface area contributed by atoms with Crippen molar-refractivity contribution in [3.63, 3.8) is 0 Å². The number of amides is 1. The van der Waals surface area contributed by atoms with Crippen molar-refractivity contribution in [2.24, 2.45) is 0 Å². The number of aromatic nitrogens is 2. The number of ether oxygens (including phenoxy) is 1. The fourth-order valence-corrected chi connectivity index (χ4v) is 2.06. The van der Waals surface area contributed by atoms with Gasteiger partial charge in [-0.15, -0.1) is 0 Å². The first-order valence-corrected chi connectivity index (χ1v) is 7.33. The molecule has 2 aromatic heterocycles. The Morgan fingerprint density at radius 2 is 1.79 bits per heavy atom. The van der Waals surface area contributed by atoms with Crippen LogP contribution in [-0.2, 0) is 0 Å². The van der Waals surface area contributed by atoms with E-state index in [1.54, 1.807) is 43.8 Å². The second-order valence-corrected chi connectivity index (χ2v) is 4.98. The monoisotopic (exact) mass is 320 g/mol. The van der Waals surface area contributed by atoms with Crippen LogP contribution in [0, 0.1) is 0 Å². The third kappa shape index (κ3) is 3.86. The second kappa shape index (κ2) is 7.23. The predicted octanol–water partition coefficient (Wildman–Crippen LogP) is 3.48. The summed E-state index contributed by atoms with van der Waals surface area (Å²) >= 11 is 0. The number of hydrogen-bond acceptors (Lipinski definition) is 5. The number of rotatable bonds is 5. The van der Waals surface area contributed by atoms with Gasteiger partial charge < -0.3 is 15.4 Å². The number of pyridine rings is 2. The molecule has 0 radical (unpaired) electrons. The average Bonchev–Trinajstić information content (AvgIpc) is 2.65. The molecule has 1 amide bonds. The lowest BCUT2D eigenvalue weighted by Crippen LogP contribution is -2.12. The quantitative estimate of drug-likeness (QED) is 0.752. The minimum absolute atomic E-state index is 0.222. The van der Waals surface area contributed by atoms with E-state index in [2.05, 4.69) is 20.6 Å². The second-order valence-electron chi connectivity index (χ2n) is 4.98. The van der Waals surface area contributed by atoms with E-state index in [0.29, 0.717) is 17.1 Å². The molecule has 3 rings (SSSR count). The molecule has 0 aliphatic carbocycles. The van der Waals surface area contributed by atoms with Gasteiger partial charge in [0.05, 0.1) is 24.6 Å². The molecule has 0 aliphatic rings. The molecule has 2 N–H and O–H groups in total. The molecule has 0 bridgehead atoms. The van der Waals surface area contributed by atoms with Gasteiger partial charge in [0.15, 0.2) is 0 Å². The normalized spacial score (nSPS) is 10.0. The van der Waals surface area contributed by atoms with Crippen LogP contribution in [0.2, 0.25) is 0 Å². The summed E-state index contributed by atoms with van der Waals surface area (Å²) in [5.74, 6) is 1.25. The molecule has 1 aromatic carbocycles. The summed E-state index contributed by atoms with van der Waals surface area (Å²) < 4.78 is 5.12. The molecule has 0 fully saturated rings. The van der Waals surface area contributed by atoms with Crippen molar-refractivity contribution in [3.05, 3.63) is 72.7 Å². The first kappa shape index (κ1) is 15.5. The molecule has 0 atom stereocenters. The average molecular weight is 320 g/mol. The van der Waals surface area contributed by atoms with E-state index in [-0.39, 0.29) is 5.91 Å². The van der Waals surface area contributed by atoms with E-state index in [1.165, 1.54) is 6.20 Å². The molecule has 24 heavy (non-hydrogen) atoms. The number of hydrogen-bond donors (Lipinski definition) is 2. The van der Waals surface area contributed by atoms with Crippen molar-refractivity contribution in [1.82, 2.24) is 9.97 Å². The molecule has 120 valence electrons. The van der Waals surface area contributed by atoms with Crippen molar-refractivity contribution < 1.29 is 9.53 Å². The van der Waals surface area contributed by atoms with Crippen LogP contribution in [0.25, 0.3) is 0 Å². The van der Waals surface area contributed by atoms with Crippen LogP contribution < -0.4 is 15.4 Å². The first-order chi connectivity index (χ1) is 11.7. The minimum atomic E-state index is -0.222. The minimum Gasteiger partial charge on any atom is -0.497 e. The topological polar surface area (TPSA) is 76.1 Å². The van der Waals surface area contributed by atoms with Crippen LogP contribution in [0.3, 0.4) is 0 Å². The zero-order valence-electron chi connectivity index (χ0n) is 13.1. The van der Waals surface area contributed by atoms with Gasteiger partial charge in [-0.1, -0.05) is 0 Å². The van der Waals surface area contributed by atoms with Gasteiger partial charge in [-0.05, 0) is 48.5 Å². The Hall–Kier alpha value is -3.41.